The molecule has 2 aromatic rings. The van der Waals surface area contributed by atoms with Crippen molar-refractivity contribution in [2.75, 3.05) is 6.61 Å². The first-order valence-electron chi connectivity index (χ1n) is 6.93. The molecule has 0 aromatic heterocycles. The minimum Gasteiger partial charge on any atom is -0.491 e. The summed E-state index contributed by atoms with van der Waals surface area (Å²) in [5.74, 6) is 0.225. The van der Waals surface area contributed by atoms with Crippen molar-refractivity contribution in [2.24, 2.45) is 0 Å². The van der Waals surface area contributed by atoms with Gasteiger partial charge in [-0.2, -0.15) is 0 Å². The fraction of sp³-hybridized carbons (Fsp3) is 0.176. The number of nitrogens with zero attached hydrogens (tertiary/aromatic N) is 1. The highest BCUT2D eigenvalue weighted by atomic mass is 127. The molecule has 0 radical (unpaired) electrons. The Balaban J connectivity index is 1.71. The molecule has 1 aliphatic heterocycles. The quantitative estimate of drug-likeness (QED) is 0.577. The van der Waals surface area contributed by atoms with E-state index in [4.69, 9.17) is 4.74 Å². The lowest BCUT2D eigenvalue weighted by molar-refractivity contribution is 0.0551. The van der Waals surface area contributed by atoms with Crippen molar-refractivity contribution in [3.8, 4) is 5.75 Å². The molecule has 0 fully saturated rings. The first-order valence-corrected chi connectivity index (χ1v) is 8.01. The van der Waals surface area contributed by atoms with Crippen LogP contribution in [-0.2, 0) is 0 Å². The van der Waals surface area contributed by atoms with Gasteiger partial charge >= 0.3 is 0 Å². The first kappa shape index (κ1) is 15.0. The van der Waals surface area contributed by atoms with Crippen LogP contribution in [-0.4, -0.2) is 29.4 Å². The van der Waals surface area contributed by atoms with Crippen molar-refractivity contribution in [3.05, 3.63) is 63.2 Å². The third-order valence-electron chi connectivity index (χ3n) is 3.57. The summed E-state index contributed by atoms with van der Waals surface area (Å²) >= 11 is 2.22. The second-order valence-corrected chi connectivity index (χ2v) is 6.39. The van der Waals surface area contributed by atoms with E-state index in [0.29, 0.717) is 11.1 Å². The first-order chi connectivity index (χ1) is 10.6. The maximum absolute atomic E-state index is 12.4. The molecule has 5 heteroatoms. The third-order valence-corrected chi connectivity index (χ3v) is 4.29. The minimum absolute atomic E-state index is 0.251. The van der Waals surface area contributed by atoms with Gasteiger partial charge in [0, 0.05) is 3.57 Å². The number of hydrogen-bond acceptors (Lipinski definition) is 3. The number of benzene rings is 2. The summed E-state index contributed by atoms with van der Waals surface area (Å²) in [6.45, 7) is 2.08. The molecule has 1 unspecified atom stereocenters. The molecule has 1 aliphatic rings. The predicted octanol–water partition coefficient (Wildman–Crippen LogP) is 3.35. The minimum atomic E-state index is -0.327. The summed E-state index contributed by atoms with van der Waals surface area (Å²) in [6, 6.07) is 14.2. The summed E-state index contributed by atoms with van der Waals surface area (Å²) in [6.07, 6.45) is 0. The highest BCUT2D eigenvalue weighted by Gasteiger charge is 2.38. The zero-order valence-corrected chi connectivity index (χ0v) is 14.1. The normalized spacial score (nSPS) is 14.9. The van der Waals surface area contributed by atoms with Crippen LogP contribution in [0.4, 0.5) is 0 Å². The van der Waals surface area contributed by atoms with Crippen molar-refractivity contribution < 1.29 is 14.3 Å². The van der Waals surface area contributed by atoms with Gasteiger partial charge in [-0.1, -0.05) is 12.1 Å². The van der Waals surface area contributed by atoms with E-state index in [1.165, 1.54) is 4.90 Å². The Hall–Kier alpha value is -1.89. The van der Waals surface area contributed by atoms with Gasteiger partial charge in [-0.25, -0.2) is 0 Å². The number of rotatable bonds is 4. The average Bonchev–Trinajstić information content (AvgIpc) is 2.79. The number of carbonyl (C=O) groups is 2. The summed E-state index contributed by atoms with van der Waals surface area (Å²) in [5, 5.41) is 0. The molecule has 3 rings (SSSR count). The van der Waals surface area contributed by atoms with Crippen LogP contribution in [0, 0.1) is 3.57 Å². The molecule has 112 valence electrons. The van der Waals surface area contributed by atoms with Gasteiger partial charge in [-0.05, 0) is 65.9 Å². The topological polar surface area (TPSA) is 46.6 Å². The lowest BCUT2D eigenvalue weighted by Crippen LogP contribution is -2.41. The Bertz CT molecular complexity index is 692. The van der Waals surface area contributed by atoms with Crippen LogP contribution in [0.3, 0.4) is 0 Å². The molecule has 2 amide bonds. The molecular weight excluding hydrogens is 393 g/mol. The van der Waals surface area contributed by atoms with Crippen molar-refractivity contribution >= 4 is 34.4 Å². The highest BCUT2D eigenvalue weighted by molar-refractivity contribution is 14.1. The van der Waals surface area contributed by atoms with Crippen LogP contribution >= 0.6 is 22.6 Å². The van der Waals surface area contributed by atoms with E-state index < -0.39 is 0 Å². The Morgan fingerprint density at radius 1 is 1.00 bits per heavy atom. The zero-order valence-electron chi connectivity index (χ0n) is 12.0. The van der Waals surface area contributed by atoms with Gasteiger partial charge in [0.15, 0.2) is 0 Å². The fourth-order valence-electron chi connectivity index (χ4n) is 2.43. The number of halogens is 1. The maximum Gasteiger partial charge on any atom is 0.261 e. The Morgan fingerprint density at radius 2 is 1.55 bits per heavy atom. The van der Waals surface area contributed by atoms with Crippen LogP contribution in [0.25, 0.3) is 0 Å². The predicted molar refractivity (Wildman–Crippen MR) is 91.1 cm³/mol. The van der Waals surface area contributed by atoms with Crippen molar-refractivity contribution in [1.82, 2.24) is 4.90 Å². The number of hydrogen-bond donors (Lipinski definition) is 0. The van der Waals surface area contributed by atoms with Gasteiger partial charge in [0.2, 0.25) is 0 Å². The van der Waals surface area contributed by atoms with E-state index in [1.54, 1.807) is 24.3 Å². The van der Waals surface area contributed by atoms with Crippen molar-refractivity contribution in [2.45, 2.75) is 13.0 Å². The summed E-state index contributed by atoms with van der Waals surface area (Å²) in [5.41, 5.74) is 0.933. The number of carbonyl (C=O) groups excluding carboxylic acids is 2. The molecule has 4 nitrogen and oxygen atoms in total. The van der Waals surface area contributed by atoms with Crippen molar-refractivity contribution in [1.29, 1.82) is 0 Å². The Labute approximate surface area is 142 Å². The molecular formula is C17H14INO3. The molecule has 22 heavy (non-hydrogen) atoms. The van der Waals surface area contributed by atoms with Gasteiger partial charge in [0.25, 0.3) is 11.8 Å². The number of ether oxygens (including phenoxy) is 1. The molecule has 0 aliphatic carbocycles. The number of fused-ring (bicyclic) bond motifs is 1. The van der Waals surface area contributed by atoms with Gasteiger partial charge < -0.3 is 4.74 Å². The molecule has 2 aromatic carbocycles. The second-order valence-electron chi connectivity index (χ2n) is 5.14. The van der Waals surface area contributed by atoms with Crippen LogP contribution in [0.5, 0.6) is 5.75 Å². The molecule has 0 saturated heterocycles. The average molecular weight is 407 g/mol. The Kier molecular flexibility index (Phi) is 4.15. The third kappa shape index (κ3) is 2.72. The van der Waals surface area contributed by atoms with Crippen LogP contribution in [0.2, 0.25) is 0 Å². The summed E-state index contributed by atoms with van der Waals surface area (Å²) < 4.78 is 6.80. The van der Waals surface area contributed by atoms with E-state index in [9.17, 15) is 9.59 Å². The largest absolute Gasteiger partial charge is 0.491 e. The van der Waals surface area contributed by atoms with E-state index in [2.05, 4.69) is 22.6 Å². The zero-order chi connectivity index (χ0) is 15.7. The smallest absolute Gasteiger partial charge is 0.261 e. The van der Waals surface area contributed by atoms with Crippen molar-refractivity contribution in [3.63, 3.8) is 0 Å². The van der Waals surface area contributed by atoms with E-state index in [-0.39, 0.29) is 24.5 Å². The summed E-state index contributed by atoms with van der Waals surface area (Å²) in [7, 11) is 0. The van der Waals surface area contributed by atoms with Crippen LogP contribution in [0.1, 0.15) is 27.6 Å². The molecule has 1 atom stereocenters. The Morgan fingerprint density at radius 3 is 2.09 bits per heavy atom. The SMILES string of the molecule is CC(COc1ccc(I)cc1)N1C(=O)c2ccccc2C1=O. The number of amides is 2. The maximum atomic E-state index is 12.4. The molecule has 0 saturated carbocycles. The van der Waals surface area contributed by atoms with Crippen LogP contribution < -0.4 is 4.74 Å². The monoisotopic (exact) mass is 407 g/mol. The highest BCUT2D eigenvalue weighted by Crippen LogP contribution is 2.24. The fourth-order valence-corrected chi connectivity index (χ4v) is 2.79. The van der Waals surface area contributed by atoms with Gasteiger partial charge in [-0.15, -0.1) is 0 Å². The van der Waals surface area contributed by atoms with Gasteiger partial charge in [-0.3, -0.25) is 14.5 Å². The lowest BCUT2D eigenvalue weighted by atomic mass is 10.1. The molecule has 1 heterocycles. The van der Waals surface area contributed by atoms with E-state index in [1.807, 2.05) is 31.2 Å². The van der Waals surface area contributed by atoms with Gasteiger partial charge in [0.05, 0.1) is 17.2 Å². The van der Waals surface area contributed by atoms with E-state index in [0.717, 1.165) is 9.32 Å². The van der Waals surface area contributed by atoms with E-state index >= 15 is 0 Å². The number of imide groups is 1. The lowest BCUT2D eigenvalue weighted by Gasteiger charge is -2.22. The molecule has 0 bridgehead atoms. The van der Waals surface area contributed by atoms with Crippen LogP contribution in [0.15, 0.2) is 48.5 Å². The molecule has 0 spiro atoms. The standard InChI is InChI=1S/C17H14INO3/c1-11(10-22-13-8-6-12(18)7-9-13)19-16(20)14-4-2-3-5-15(14)17(19)21/h2-9,11H,10H2,1H3. The van der Waals surface area contributed by atoms with Gasteiger partial charge in [0.1, 0.15) is 12.4 Å². The molecule has 0 N–H and O–H groups in total. The second kappa shape index (κ2) is 6.08. The summed E-state index contributed by atoms with van der Waals surface area (Å²) in [4.78, 5) is 26.0.